The number of carbonyl (C=O) groups is 2. The van der Waals surface area contributed by atoms with E-state index in [1.807, 2.05) is 20.8 Å². The molecule has 2 heterocycles. The summed E-state index contributed by atoms with van der Waals surface area (Å²) in [6.07, 6.45) is 7.84. The number of nitrogens with one attached hydrogen (secondary N) is 1. The molecule has 0 aliphatic carbocycles. The van der Waals surface area contributed by atoms with Gasteiger partial charge in [-0.1, -0.05) is 5.92 Å². The highest BCUT2D eigenvalue weighted by Crippen LogP contribution is 2.15. The van der Waals surface area contributed by atoms with Crippen molar-refractivity contribution in [2.24, 2.45) is 0 Å². The van der Waals surface area contributed by atoms with E-state index in [1.165, 1.54) is 6.20 Å². The molecule has 1 aromatic rings. The Balaban J connectivity index is 1.83. The van der Waals surface area contributed by atoms with Gasteiger partial charge in [-0.05, 0) is 45.7 Å². The van der Waals surface area contributed by atoms with Gasteiger partial charge >= 0.3 is 6.09 Å². The predicted octanol–water partition coefficient (Wildman–Crippen LogP) is 2.19. The van der Waals surface area contributed by atoms with Crippen molar-refractivity contribution in [3.63, 3.8) is 0 Å². The fraction of sp³-hybridized carbons (Fsp3) is 0.500. The SMILES string of the molecule is C#Cc1ccc(C(=O)NC2CCN(C(=O)OC(C)(C)C)CC2)nc1. The Labute approximate surface area is 142 Å². The monoisotopic (exact) mass is 329 g/mol. The van der Waals surface area contributed by atoms with E-state index in [9.17, 15) is 9.59 Å². The van der Waals surface area contributed by atoms with Gasteiger partial charge in [0.05, 0.1) is 0 Å². The Kier molecular flexibility index (Phi) is 5.45. The number of ether oxygens (including phenoxy) is 1. The summed E-state index contributed by atoms with van der Waals surface area (Å²) >= 11 is 0. The molecule has 0 radical (unpaired) electrons. The number of hydrogen-bond donors (Lipinski definition) is 1. The normalized spacial score (nSPS) is 15.5. The van der Waals surface area contributed by atoms with E-state index in [0.717, 1.165) is 0 Å². The summed E-state index contributed by atoms with van der Waals surface area (Å²) in [5.74, 6) is 2.23. The summed E-state index contributed by atoms with van der Waals surface area (Å²) in [5.41, 5.74) is 0.471. The molecule has 6 heteroatoms. The highest BCUT2D eigenvalue weighted by atomic mass is 16.6. The van der Waals surface area contributed by atoms with Crippen molar-refractivity contribution in [1.29, 1.82) is 0 Å². The van der Waals surface area contributed by atoms with Gasteiger partial charge < -0.3 is 15.0 Å². The minimum absolute atomic E-state index is 0.0188. The molecule has 24 heavy (non-hydrogen) atoms. The number of terminal acetylenes is 1. The lowest BCUT2D eigenvalue weighted by Gasteiger charge is -2.33. The number of likely N-dealkylation sites (tertiary alicyclic amines) is 1. The molecule has 0 bridgehead atoms. The average molecular weight is 329 g/mol. The van der Waals surface area contributed by atoms with Crippen LogP contribution in [0.5, 0.6) is 0 Å². The van der Waals surface area contributed by atoms with E-state index >= 15 is 0 Å². The quantitative estimate of drug-likeness (QED) is 0.844. The molecule has 0 unspecified atom stereocenters. The van der Waals surface area contributed by atoms with Crippen LogP contribution < -0.4 is 5.32 Å². The Morgan fingerprint density at radius 3 is 2.50 bits per heavy atom. The smallest absolute Gasteiger partial charge is 0.410 e. The van der Waals surface area contributed by atoms with Crippen molar-refractivity contribution in [2.45, 2.75) is 45.3 Å². The molecule has 0 aromatic carbocycles. The van der Waals surface area contributed by atoms with Gasteiger partial charge in [-0.15, -0.1) is 6.42 Å². The van der Waals surface area contributed by atoms with Gasteiger partial charge in [-0.3, -0.25) is 4.79 Å². The number of carbonyl (C=O) groups excluding carboxylic acids is 2. The highest BCUT2D eigenvalue weighted by molar-refractivity contribution is 5.92. The third-order valence-electron chi connectivity index (χ3n) is 3.64. The number of amides is 2. The van der Waals surface area contributed by atoms with Crippen LogP contribution in [0, 0.1) is 12.3 Å². The fourth-order valence-corrected chi connectivity index (χ4v) is 2.41. The third-order valence-corrected chi connectivity index (χ3v) is 3.64. The summed E-state index contributed by atoms with van der Waals surface area (Å²) in [6, 6.07) is 3.32. The molecule has 1 N–H and O–H groups in total. The number of piperidine rings is 1. The molecule has 1 fully saturated rings. The second kappa shape index (κ2) is 7.35. The van der Waals surface area contributed by atoms with Gasteiger partial charge in [-0.25, -0.2) is 9.78 Å². The van der Waals surface area contributed by atoms with Crippen LogP contribution in [0.15, 0.2) is 18.3 Å². The van der Waals surface area contributed by atoms with Gasteiger partial charge in [0.15, 0.2) is 0 Å². The van der Waals surface area contributed by atoms with Gasteiger partial charge in [0.2, 0.25) is 0 Å². The van der Waals surface area contributed by atoms with E-state index in [2.05, 4.69) is 16.2 Å². The Morgan fingerprint density at radius 1 is 1.33 bits per heavy atom. The van der Waals surface area contributed by atoms with Crippen molar-refractivity contribution in [2.75, 3.05) is 13.1 Å². The third kappa shape index (κ3) is 4.98. The van der Waals surface area contributed by atoms with Crippen LogP contribution >= 0.6 is 0 Å². The zero-order valence-corrected chi connectivity index (χ0v) is 14.3. The topological polar surface area (TPSA) is 71.5 Å². The Hall–Kier alpha value is -2.55. The first-order chi connectivity index (χ1) is 11.3. The van der Waals surface area contributed by atoms with Crippen molar-refractivity contribution in [1.82, 2.24) is 15.2 Å². The van der Waals surface area contributed by atoms with E-state index in [1.54, 1.807) is 17.0 Å². The molecule has 0 spiro atoms. The van der Waals surface area contributed by atoms with Gasteiger partial charge in [-0.2, -0.15) is 0 Å². The molecule has 1 saturated heterocycles. The molecule has 2 amide bonds. The second-order valence-electron chi connectivity index (χ2n) is 6.79. The minimum Gasteiger partial charge on any atom is -0.444 e. The molecule has 6 nitrogen and oxygen atoms in total. The van der Waals surface area contributed by atoms with Crippen LogP contribution in [0.1, 0.15) is 49.7 Å². The summed E-state index contributed by atoms with van der Waals surface area (Å²) in [7, 11) is 0. The van der Waals surface area contributed by atoms with Crippen LogP contribution in [0.3, 0.4) is 0 Å². The molecule has 1 aromatic heterocycles. The minimum atomic E-state index is -0.502. The van der Waals surface area contributed by atoms with Crippen LogP contribution in [-0.4, -0.2) is 46.6 Å². The van der Waals surface area contributed by atoms with Crippen LogP contribution in [-0.2, 0) is 4.74 Å². The van der Waals surface area contributed by atoms with Crippen LogP contribution in [0.4, 0.5) is 4.79 Å². The van der Waals surface area contributed by atoms with Crippen molar-refractivity contribution >= 4 is 12.0 Å². The highest BCUT2D eigenvalue weighted by Gasteiger charge is 2.27. The van der Waals surface area contributed by atoms with Crippen molar-refractivity contribution in [3.8, 4) is 12.3 Å². The summed E-state index contributed by atoms with van der Waals surface area (Å²) in [5, 5.41) is 2.95. The zero-order valence-electron chi connectivity index (χ0n) is 14.3. The maximum absolute atomic E-state index is 12.2. The molecule has 0 atom stereocenters. The van der Waals surface area contributed by atoms with Crippen LogP contribution in [0.25, 0.3) is 0 Å². The maximum atomic E-state index is 12.2. The lowest BCUT2D eigenvalue weighted by Crippen LogP contribution is -2.47. The summed E-state index contributed by atoms with van der Waals surface area (Å²) in [4.78, 5) is 29.9. The van der Waals surface area contributed by atoms with Crippen LogP contribution in [0.2, 0.25) is 0 Å². The molecule has 2 rings (SSSR count). The second-order valence-corrected chi connectivity index (χ2v) is 6.79. The van der Waals surface area contributed by atoms with E-state index < -0.39 is 5.60 Å². The number of nitrogens with zero attached hydrogens (tertiary/aromatic N) is 2. The standard InChI is InChI=1S/C18H23N3O3/c1-5-13-6-7-15(19-12-13)16(22)20-14-8-10-21(11-9-14)17(23)24-18(2,3)4/h1,6-7,12,14H,8-11H2,2-4H3,(H,20,22). The van der Waals surface area contributed by atoms with Gasteiger partial charge in [0.25, 0.3) is 5.91 Å². The first-order valence-corrected chi connectivity index (χ1v) is 8.00. The van der Waals surface area contributed by atoms with Crippen molar-refractivity contribution < 1.29 is 14.3 Å². The largest absolute Gasteiger partial charge is 0.444 e. The maximum Gasteiger partial charge on any atom is 0.410 e. The average Bonchev–Trinajstić information content (AvgIpc) is 2.54. The van der Waals surface area contributed by atoms with E-state index in [4.69, 9.17) is 11.2 Å². The summed E-state index contributed by atoms with van der Waals surface area (Å²) in [6.45, 7) is 6.65. The number of rotatable bonds is 2. The summed E-state index contributed by atoms with van der Waals surface area (Å²) < 4.78 is 5.36. The van der Waals surface area contributed by atoms with Gasteiger partial charge in [0.1, 0.15) is 11.3 Å². The first-order valence-electron chi connectivity index (χ1n) is 8.00. The molecule has 1 aliphatic heterocycles. The lowest BCUT2D eigenvalue weighted by molar-refractivity contribution is 0.0199. The number of hydrogen-bond acceptors (Lipinski definition) is 4. The van der Waals surface area contributed by atoms with Crippen molar-refractivity contribution in [3.05, 3.63) is 29.6 Å². The molecule has 0 saturated carbocycles. The molecular weight excluding hydrogens is 306 g/mol. The predicted molar refractivity (Wildman–Crippen MR) is 90.5 cm³/mol. The van der Waals surface area contributed by atoms with Gasteiger partial charge in [0, 0.05) is 30.9 Å². The fourth-order valence-electron chi connectivity index (χ4n) is 2.41. The van der Waals surface area contributed by atoms with E-state index in [-0.39, 0.29) is 18.0 Å². The lowest BCUT2D eigenvalue weighted by atomic mass is 10.1. The zero-order chi connectivity index (χ0) is 17.7. The molecular formula is C18H23N3O3. The number of aromatic nitrogens is 1. The molecule has 128 valence electrons. The van der Waals surface area contributed by atoms with E-state index in [0.29, 0.717) is 37.2 Å². The Morgan fingerprint density at radius 2 is 2.00 bits per heavy atom. The molecule has 1 aliphatic rings. The number of pyridine rings is 1. The Bertz CT molecular complexity index is 633. The first kappa shape index (κ1) is 17.8.